The number of hydrogen-bond donors (Lipinski definition) is 3. The molecule has 3 heteroatoms. The number of nitrogens with two attached hydrogens (primary N) is 1. The second-order valence-corrected chi connectivity index (χ2v) is 3.27. The SMILES string of the molecule is C=C(C)c1[nH]cc(/C(N)=C/C=N)c1C. The van der Waals surface area contributed by atoms with Gasteiger partial charge in [0.2, 0.25) is 0 Å². The zero-order chi connectivity index (χ0) is 10.7. The van der Waals surface area contributed by atoms with Crippen LogP contribution in [0.1, 0.15) is 23.7 Å². The van der Waals surface area contributed by atoms with Gasteiger partial charge < -0.3 is 16.1 Å². The molecule has 0 saturated heterocycles. The van der Waals surface area contributed by atoms with E-state index in [2.05, 4.69) is 11.6 Å². The van der Waals surface area contributed by atoms with Crippen molar-refractivity contribution in [2.45, 2.75) is 13.8 Å². The fraction of sp³-hybridized carbons (Fsp3) is 0.182. The summed E-state index contributed by atoms with van der Waals surface area (Å²) in [6, 6.07) is 0. The first-order chi connectivity index (χ1) is 6.57. The van der Waals surface area contributed by atoms with E-state index in [1.54, 1.807) is 6.08 Å². The van der Waals surface area contributed by atoms with Crippen LogP contribution in [0, 0.1) is 12.3 Å². The fourth-order valence-corrected chi connectivity index (χ4v) is 1.42. The van der Waals surface area contributed by atoms with Crippen molar-refractivity contribution < 1.29 is 0 Å². The highest BCUT2D eigenvalue weighted by Gasteiger charge is 2.08. The average molecular weight is 189 g/mol. The van der Waals surface area contributed by atoms with Crippen LogP contribution in [0.4, 0.5) is 0 Å². The molecule has 0 aromatic carbocycles. The van der Waals surface area contributed by atoms with Crippen LogP contribution < -0.4 is 5.73 Å². The highest BCUT2D eigenvalue weighted by atomic mass is 14.7. The van der Waals surface area contributed by atoms with Gasteiger partial charge in [0, 0.05) is 29.4 Å². The summed E-state index contributed by atoms with van der Waals surface area (Å²) in [4.78, 5) is 3.12. The van der Waals surface area contributed by atoms with Crippen LogP contribution in [0.25, 0.3) is 11.3 Å². The average Bonchev–Trinajstić information content (AvgIpc) is 2.47. The molecular weight excluding hydrogens is 174 g/mol. The predicted octanol–water partition coefficient (Wildman–Crippen LogP) is 2.31. The van der Waals surface area contributed by atoms with Gasteiger partial charge in [0.25, 0.3) is 0 Å². The molecule has 0 unspecified atom stereocenters. The molecule has 0 spiro atoms. The second kappa shape index (κ2) is 3.96. The molecule has 0 saturated carbocycles. The molecule has 0 amide bonds. The third kappa shape index (κ3) is 1.76. The monoisotopic (exact) mass is 189 g/mol. The van der Waals surface area contributed by atoms with Gasteiger partial charge in [-0.3, -0.25) is 0 Å². The number of aromatic nitrogens is 1. The first-order valence-electron chi connectivity index (χ1n) is 4.38. The Labute approximate surface area is 83.8 Å². The van der Waals surface area contributed by atoms with Crippen molar-refractivity contribution in [2.24, 2.45) is 5.73 Å². The lowest BCUT2D eigenvalue weighted by atomic mass is 10.1. The number of H-pyrrole nitrogens is 1. The molecule has 74 valence electrons. The highest BCUT2D eigenvalue weighted by Crippen LogP contribution is 2.22. The fourth-order valence-electron chi connectivity index (χ4n) is 1.42. The third-order valence-electron chi connectivity index (χ3n) is 2.14. The molecule has 3 nitrogen and oxygen atoms in total. The van der Waals surface area contributed by atoms with E-state index in [9.17, 15) is 0 Å². The van der Waals surface area contributed by atoms with Gasteiger partial charge in [-0.1, -0.05) is 6.58 Å². The lowest BCUT2D eigenvalue weighted by Gasteiger charge is -2.01. The van der Waals surface area contributed by atoms with Gasteiger partial charge in [-0.15, -0.1) is 0 Å². The maximum Gasteiger partial charge on any atom is 0.0440 e. The van der Waals surface area contributed by atoms with Crippen molar-refractivity contribution in [1.82, 2.24) is 4.98 Å². The molecule has 1 heterocycles. The van der Waals surface area contributed by atoms with Crippen molar-refractivity contribution >= 4 is 17.5 Å². The van der Waals surface area contributed by atoms with E-state index in [0.717, 1.165) is 22.4 Å². The van der Waals surface area contributed by atoms with Gasteiger partial charge in [0.1, 0.15) is 0 Å². The molecular formula is C11H15N3. The smallest absolute Gasteiger partial charge is 0.0440 e. The van der Waals surface area contributed by atoms with Crippen molar-refractivity contribution in [3.63, 3.8) is 0 Å². The summed E-state index contributed by atoms with van der Waals surface area (Å²) in [5.41, 5.74) is 10.4. The molecule has 4 N–H and O–H groups in total. The molecule has 1 rings (SSSR count). The summed E-state index contributed by atoms with van der Waals surface area (Å²) in [7, 11) is 0. The normalized spacial score (nSPS) is 11.4. The summed E-state index contributed by atoms with van der Waals surface area (Å²) in [6.07, 6.45) is 4.59. The van der Waals surface area contributed by atoms with Gasteiger partial charge in [-0.25, -0.2) is 0 Å². The Morgan fingerprint density at radius 2 is 2.29 bits per heavy atom. The Bertz CT molecular complexity index is 397. The first kappa shape index (κ1) is 10.3. The molecule has 0 aliphatic heterocycles. The number of hydrogen-bond acceptors (Lipinski definition) is 2. The third-order valence-corrected chi connectivity index (χ3v) is 2.14. The van der Waals surface area contributed by atoms with Crippen molar-refractivity contribution in [3.8, 4) is 0 Å². The molecule has 0 aliphatic carbocycles. The largest absolute Gasteiger partial charge is 0.398 e. The van der Waals surface area contributed by atoms with Gasteiger partial charge in [0.15, 0.2) is 0 Å². The predicted molar refractivity (Wildman–Crippen MR) is 61.2 cm³/mol. The van der Waals surface area contributed by atoms with Crippen LogP contribution >= 0.6 is 0 Å². The van der Waals surface area contributed by atoms with Gasteiger partial charge in [-0.05, 0) is 31.1 Å². The van der Waals surface area contributed by atoms with Crippen molar-refractivity contribution in [3.05, 3.63) is 35.7 Å². The summed E-state index contributed by atoms with van der Waals surface area (Å²) < 4.78 is 0. The highest BCUT2D eigenvalue weighted by molar-refractivity contribution is 5.83. The minimum absolute atomic E-state index is 0.598. The summed E-state index contributed by atoms with van der Waals surface area (Å²) in [5.74, 6) is 0. The lowest BCUT2D eigenvalue weighted by Crippen LogP contribution is -1.97. The lowest BCUT2D eigenvalue weighted by molar-refractivity contribution is 1.31. The van der Waals surface area contributed by atoms with Gasteiger partial charge in [0.05, 0.1) is 0 Å². The van der Waals surface area contributed by atoms with Gasteiger partial charge in [-0.2, -0.15) is 0 Å². The van der Waals surface area contributed by atoms with Crippen LogP contribution in [0.5, 0.6) is 0 Å². The van der Waals surface area contributed by atoms with Crippen LogP contribution in [0.3, 0.4) is 0 Å². The number of aromatic amines is 1. The Morgan fingerprint density at radius 1 is 1.64 bits per heavy atom. The standard InChI is InChI=1S/C11H15N3/c1-7(2)11-8(3)9(6-14-11)10(13)4-5-12/h4-6,12,14H,1,13H2,2-3H3/b10-4-,12-5?. The zero-order valence-electron chi connectivity index (χ0n) is 8.52. The van der Waals surface area contributed by atoms with E-state index in [0.29, 0.717) is 5.70 Å². The molecule has 0 fully saturated rings. The summed E-state index contributed by atoms with van der Waals surface area (Å²) >= 11 is 0. The Hall–Kier alpha value is -1.77. The first-order valence-corrected chi connectivity index (χ1v) is 4.38. The molecule has 1 aromatic rings. The molecule has 0 atom stereocenters. The topological polar surface area (TPSA) is 65.7 Å². The molecule has 14 heavy (non-hydrogen) atoms. The van der Waals surface area contributed by atoms with E-state index in [1.165, 1.54) is 6.21 Å². The minimum Gasteiger partial charge on any atom is -0.398 e. The van der Waals surface area contributed by atoms with E-state index < -0.39 is 0 Å². The van der Waals surface area contributed by atoms with Crippen molar-refractivity contribution in [2.75, 3.05) is 0 Å². The van der Waals surface area contributed by atoms with Gasteiger partial charge >= 0.3 is 0 Å². The maximum atomic E-state index is 6.94. The van der Waals surface area contributed by atoms with Crippen LogP contribution in [0.15, 0.2) is 18.9 Å². The van der Waals surface area contributed by atoms with Crippen LogP contribution in [-0.2, 0) is 0 Å². The second-order valence-electron chi connectivity index (χ2n) is 3.27. The zero-order valence-corrected chi connectivity index (χ0v) is 8.52. The van der Waals surface area contributed by atoms with E-state index in [-0.39, 0.29) is 0 Å². The number of nitrogens with one attached hydrogen (secondary N) is 2. The van der Waals surface area contributed by atoms with Crippen LogP contribution in [0.2, 0.25) is 0 Å². The molecule has 0 aliphatic rings. The summed E-state index contributed by atoms with van der Waals surface area (Å²) in [5, 5.41) is 6.94. The molecule has 0 radical (unpaired) electrons. The van der Waals surface area contributed by atoms with E-state index >= 15 is 0 Å². The quantitative estimate of drug-likeness (QED) is 0.627. The number of rotatable bonds is 3. The Kier molecular flexibility index (Phi) is 2.92. The number of allylic oxidation sites excluding steroid dienone is 2. The molecule has 1 aromatic heterocycles. The minimum atomic E-state index is 0.598. The summed E-state index contributed by atoms with van der Waals surface area (Å²) in [6.45, 7) is 7.80. The van der Waals surface area contributed by atoms with Crippen LogP contribution in [-0.4, -0.2) is 11.2 Å². The Morgan fingerprint density at radius 3 is 2.71 bits per heavy atom. The van der Waals surface area contributed by atoms with E-state index in [1.807, 2.05) is 20.0 Å². The Balaban J connectivity index is 3.19. The van der Waals surface area contributed by atoms with Crippen molar-refractivity contribution in [1.29, 1.82) is 5.41 Å². The maximum absolute atomic E-state index is 6.94. The molecule has 0 bridgehead atoms. The van der Waals surface area contributed by atoms with E-state index in [4.69, 9.17) is 11.1 Å².